The number of nitrogens with one attached hydrogen (secondary N) is 2. The van der Waals surface area contributed by atoms with Crippen LogP contribution in [0, 0.1) is 17.8 Å². The van der Waals surface area contributed by atoms with E-state index in [1.807, 2.05) is 0 Å². The van der Waals surface area contributed by atoms with Gasteiger partial charge in [0, 0.05) is 6.04 Å². The smallest absolute Gasteiger partial charge is 0.329 e. The van der Waals surface area contributed by atoms with Gasteiger partial charge in [-0.2, -0.15) is 0 Å². The van der Waals surface area contributed by atoms with Crippen LogP contribution in [0.3, 0.4) is 0 Å². The van der Waals surface area contributed by atoms with Crippen LogP contribution in [0.25, 0.3) is 0 Å². The number of hydrogen-bond acceptors (Lipinski definition) is 4. The zero-order chi connectivity index (χ0) is 21.6. The van der Waals surface area contributed by atoms with Crippen molar-refractivity contribution in [2.75, 3.05) is 6.61 Å². The second-order valence-electron chi connectivity index (χ2n) is 8.22. The number of rotatable bonds is 7. The molecule has 1 fully saturated rings. The number of carbonyl (C=O) groups excluding carboxylic acids is 3. The van der Waals surface area contributed by atoms with Crippen LogP contribution in [0.15, 0.2) is 24.3 Å². The van der Waals surface area contributed by atoms with E-state index in [4.69, 9.17) is 16.3 Å². The number of hydrogen-bond donors (Lipinski definition) is 2. The molecule has 7 heteroatoms. The molecule has 1 saturated carbocycles. The fraction of sp³-hybridized carbons (Fsp3) is 0.591. The average molecular weight is 423 g/mol. The van der Waals surface area contributed by atoms with Crippen LogP contribution in [0.5, 0.6) is 0 Å². The Labute approximate surface area is 177 Å². The van der Waals surface area contributed by atoms with Gasteiger partial charge < -0.3 is 15.4 Å². The Bertz CT molecular complexity index is 737. The van der Waals surface area contributed by atoms with Crippen LogP contribution in [0.4, 0.5) is 0 Å². The maximum absolute atomic E-state index is 12.5. The number of amides is 2. The predicted octanol–water partition coefficient (Wildman–Crippen LogP) is 3.58. The van der Waals surface area contributed by atoms with Crippen molar-refractivity contribution in [2.24, 2.45) is 17.8 Å². The van der Waals surface area contributed by atoms with Crippen LogP contribution < -0.4 is 10.6 Å². The summed E-state index contributed by atoms with van der Waals surface area (Å²) in [5.74, 6) is -0.676. The molecule has 29 heavy (non-hydrogen) atoms. The van der Waals surface area contributed by atoms with Gasteiger partial charge in [-0.15, -0.1) is 0 Å². The monoisotopic (exact) mass is 422 g/mol. The van der Waals surface area contributed by atoms with Crippen LogP contribution in [0.2, 0.25) is 5.02 Å². The lowest BCUT2D eigenvalue weighted by atomic mass is 9.78. The molecule has 0 radical (unpaired) electrons. The summed E-state index contributed by atoms with van der Waals surface area (Å²) < 4.78 is 5.20. The number of benzene rings is 1. The van der Waals surface area contributed by atoms with Crippen molar-refractivity contribution in [1.82, 2.24) is 10.6 Å². The van der Waals surface area contributed by atoms with Crippen LogP contribution >= 0.6 is 11.6 Å². The van der Waals surface area contributed by atoms with E-state index in [2.05, 4.69) is 24.5 Å². The maximum Gasteiger partial charge on any atom is 0.329 e. The van der Waals surface area contributed by atoms with Gasteiger partial charge >= 0.3 is 5.97 Å². The summed E-state index contributed by atoms with van der Waals surface area (Å²) in [6.45, 7) is 7.56. The molecule has 160 valence electrons. The summed E-state index contributed by atoms with van der Waals surface area (Å²) in [4.78, 5) is 37.2. The molecule has 1 aromatic rings. The fourth-order valence-corrected chi connectivity index (χ4v) is 3.84. The van der Waals surface area contributed by atoms with E-state index in [1.54, 1.807) is 38.1 Å². The number of halogens is 1. The van der Waals surface area contributed by atoms with Crippen LogP contribution in [0.1, 0.15) is 57.3 Å². The topological polar surface area (TPSA) is 84.5 Å². The summed E-state index contributed by atoms with van der Waals surface area (Å²) in [5.41, 5.74) is 0.283. The van der Waals surface area contributed by atoms with Gasteiger partial charge in [-0.05, 0) is 36.3 Å². The van der Waals surface area contributed by atoms with Gasteiger partial charge in [0.1, 0.15) is 6.04 Å². The molecule has 0 unspecified atom stereocenters. The zero-order valence-electron chi connectivity index (χ0n) is 17.5. The minimum atomic E-state index is -0.875. The van der Waals surface area contributed by atoms with Gasteiger partial charge in [0.15, 0.2) is 6.61 Å². The lowest BCUT2D eigenvalue weighted by Gasteiger charge is -2.34. The van der Waals surface area contributed by atoms with Gasteiger partial charge in [-0.25, -0.2) is 4.79 Å². The van der Waals surface area contributed by atoms with E-state index < -0.39 is 17.9 Å². The first-order valence-corrected chi connectivity index (χ1v) is 10.6. The normalized spacial score (nSPS) is 22.6. The predicted molar refractivity (Wildman–Crippen MR) is 113 cm³/mol. The van der Waals surface area contributed by atoms with Crippen molar-refractivity contribution < 1.29 is 19.1 Å². The van der Waals surface area contributed by atoms with Gasteiger partial charge in [0.05, 0.1) is 10.6 Å². The van der Waals surface area contributed by atoms with E-state index >= 15 is 0 Å². The Morgan fingerprint density at radius 1 is 1.17 bits per heavy atom. The van der Waals surface area contributed by atoms with Crippen LogP contribution in [-0.4, -0.2) is 36.5 Å². The van der Waals surface area contributed by atoms with Crippen molar-refractivity contribution >= 4 is 29.4 Å². The van der Waals surface area contributed by atoms with Crippen molar-refractivity contribution in [3.05, 3.63) is 34.9 Å². The second-order valence-corrected chi connectivity index (χ2v) is 8.63. The summed E-state index contributed by atoms with van der Waals surface area (Å²) in [7, 11) is 0. The molecule has 0 saturated heterocycles. The number of ether oxygens (including phenoxy) is 1. The largest absolute Gasteiger partial charge is 0.454 e. The minimum Gasteiger partial charge on any atom is -0.454 e. The first kappa shape index (κ1) is 23.2. The summed E-state index contributed by atoms with van der Waals surface area (Å²) in [6.07, 6.45) is 3.19. The Balaban J connectivity index is 1.90. The number of esters is 1. The SMILES string of the molecule is CC(C)[C@H](NC(=O)c1ccccc1Cl)C(=O)OCC(=O)N[C@H]1CCC[C@@H](C)[C@@H]1C. The van der Waals surface area contributed by atoms with Crippen molar-refractivity contribution in [3.8, 4) is 0 Å². The molecule has 0 spiro atoms. The third-order valence-corrected chi connectivity index (χ3v) is 6.05. The van der Waals surface area contributed by atoms with E-state index in [9.17, 15) is 14.4 Å². The highest BCUT2D eigenvalue weighted by molar-refractivity contribution is 6.33. The van der Waals surface area contributed by atoms with E-state index in [-0.39, 0.29) is 30.0 Å². The highest BCUT2D eigenvalue weighted by atomic mass is 35.5. The molecule has 2 amide bonds. The average Bonchev–Trinajstić information content (AvgIpc) is 2.67. The summed E-state index contributed by atoms with van der Waals surface area (Å²) in [5, 5.41) is 5.94. The Morgan fingerprint density at radius 3 is 2.52 bits per heavy atom. The van der Waals surface area contributed by atoms with Gasteiger partial charge in [-0.1, -0.05) is 64.3 Å². The molecule has 1 aliphatic carbocycles. The first-order chi connectivity index (χ1) is 13.7. The summed E-state index contributed by atoms with van der Waals surface area (Å²) in [6, 6.07) is 5.84. The third kappa shape index (κ3) is 6.46. The second kappa shape index (κ2) is 10.6. The minimum absolute atomic E-state index is 0.103. The Morgan fingerprint density at radius 2 is 1.86 bits per heavy atom. The molecule has 2 N–H and O–H groups in total. The van der Waals surface area contributed by atoms with E-state index in [0.29, 0.717) is 16.9 Å². The van der Waals surface area contributed by atoms with Crippen molar-refractivity contribution in [3.63, 3.8) is 0 Å². The molecule has 2 rings (SSSR count). The standard InChI is InChI=1S/C22H31ClN2O4/c1-13(2)20(25-21(27)16-9-5-6-10-17(16)23)22(28)29-12-19(26)24-18-11-7-8-14(3)15(18)4/h5-6,9-10,13-15,18,20H,7-8,11-12H2,1-4H3,(H,24,26)(H,25,27)/t14-,15+,18+,20+/m1/s1. The fourth-order valence-electron chi connectivity index (χ4n) is 3.62. The molecule has 1 aromatic carbocycles. The molecule has 0 aromatic heterocycles. The van der Waals surface area contributed by atoms with Crippen molar-refractivity contribution in [2.45, 2.75) is 59.0 Å². The number of carbonyl (C=O) groups is 3. The molecule has 0 heterocycles. The van der Waals surface area contributed by atoms with E-state index in [1.165, 1.54) is 6.42 Å². The highest BCUT2D eigenvalue weighted by Crippen LogP contribution is 2.29. The van der Waals surface area contributed by atoms with E-state index in [0.717, 1.165) is 12.8 Å². The van der Waals surface area contributed by atoms with Crippen molar-refractivity contribution in [1.29, 1.82) is 0 Å². The molecular weight excluding hydrogens is 392 g/mol. The summed E-state index contributed by atoms with van der Waals surface area (Å²) >= 11 is 6.05. The molecule has 6 nitrogen and oxygen atoms in total. The lowest BCUT2D eigenvalue weighted by Crippen LogP contribution is -2.48. The highest BCUT2D eigenvalue weighted by Gasteiger charge is 2.30. The van der Waals surface area contributed by atoms with Gasteiger partial charge in [0.2, 0.25) is 0 Å². The molecular formula is C22H31ClN2O4. The molecule has 0 aliphatic heterocycles. The lowest BCUT2D eigenvalue weighted by molar-refractivity contribution is -0.151. The van der Waals surface area contributed by atoms with Gasteiger partial charge in [-0.3, -0.25) is 9.59 Å². The Hall–Kier alpha value is -2.08. The third-order valence-electron chi connectivity index (χ3n) is 5.72. The maximum atomic E-state index is 12.5. The first-order valence-electron chi connectivity index (χ1n) is 10.2. The quantitative estimate of drug-likeness (QED) is 0.658. The zero-order valence-corrected chi connectivity index (χ0v) is 18.3. The Kier molecular flexibility index (Phi) is 8.50. The molecule has 4 atom stereocenters. The van der Waals surface area contributed by atoms with Crippen LogP contribution in [-0.2, 0) is 14.3 Å². The van der Waals surface area contributed by atoms with Gasteiger partial charge in [0.25, 0.3) is 11.8 Å². The molecule has 0 bridgehead atoms. The molecule has 1 aliphatic rings.